The Balaban J connectivity index is 2.56. The van der Waals surface area contributed by atoms with E-state index < -0.39 is 0 Å². The second kappa shape index (κ2) is 5.00. The summed E-state index contributed by atoms with van der Waals surface area (Å²) < 4.78 is 16.1. The molecular formula is C12H16FIN4. The van der Waals surface area contributed by atoms with Crippen LogP contribution in [0.5, 0.6) is 0 Å². The first-order valence-electron chi connectivity index (χ1n) is 5.67. The maximum atomic E-state index is 13.7. The van der Waals surface area contributed by atoms with Gasteiger partial charge < -0.3 is 15.2 Å². The summed E-state index contributed by atoms with van der Waals surface area (Å²) in [5, 5.41) is 0. The Labute approximate surface area is 119 Å². The number of hydrogen-bond acceptors (Lipinski definition) is 3. The van der Waals surface area contributed by atoms with Crippen LogP contribution < -0.4 is 5.73 Å². The van der Waals surface area contributed by atoms with E-state index in [0.29, 0.717) is 9.52 Å². The molecule has 0 saturated heterocycles. The molecule has 1 aromatic heterocycles. The average molecular weight is 362 g/mol. The van der Waals surface area contributed by atoms with Crippen LogP contribution in [0.25, 0.3) is 11.0 Å². The smallest absolute Gasteiger partial charge is 0.201 e. The molecule has 0 amide bonds. The second-order valence-electron chi connectivity index (χ2n) is 4.71. The fraction of sp³-hybridized carbons (Fsp3) is 0.417. The molecule has 1 atom stereocenters. The van der Waals surface area contributed by atoms with E-state index in [9.17, 15) is 4.39 Å². The van der Waals surface area contributed by atoms with Gasteiger partial charge >= 0.3 is 0 Å². The molecule has 2 rings (SSSR count). The predicted octanol–water partition coefficient (Wildman–Crippen LogP) is 2.48. The third kappa shape index (κ3) is 2.44. The number of benzene rings is 1. The van der Waals surface area contributed by atoms with E-state index in [1.54, 1.807) is 6.07 Å². The Kier molecular flexibility index (Phi) is 3.76. The largest absolute Gasteiger partial charge is 0.369 e. The van der Waals surface area contributed by atoms with Crippen LogP contribution in [-0.2, 0) is 0 Å². The molecule has 1 aromatic carbocycles. The number of anilines is 1. The van der Waals surface area contributed by atoms with Crippen molar-refractivity contribution in [2.75, 3.05) is 26.4 Å². The van der Waals surface area contributed by atoms with E-state index in [2.05, 4.69) is 9.88 Å². The average Bonchev–Trinajstić information content (AvgIpc) is 2.53. The van der Waals surface area contributed by atoms with Gasteiger partial charge in [0.1, 0.15) is 5.82 Å². The summed E-state index contributed by atoms with van der Waals surface area (Å²) in [5.41, 5.74) is 7.43. The minimum absolute atomic E-state index is 0.143. The number of aromatic nitrogens is 2. The van der Waals surface area contributed by atoms with Gasteiger partial charge in [0.2, 0.25) is 5.95 Å². The first-order valence-corrected chi connectivity index (χ1v) is 6.75. The fourth-order valence-corrected chi connectivity index (χ4v) is 2.63. The number of nitrogens with zero attached hydrogens (tertiary/aromatic N) is 3. The number of fused-ring (bicyclic) bond motifs is 1. The lowest BCUT2D eigenvalue weighted by Gasteiger charge is -2.20. The van der Waals surface area contributed by atoms with Gasteiger partial charge in [0.25, 0.3) is 0 Å². The van der Waals surface area contributed by atoms with E-state index in [1.165, 1.54) is 6.07 Å². The standard InChI is InChI=1S/C12H16FIN4/c1-7(6-17(2)3)18-11-4-8(13)9(14)5-10(11)16-12(18)15/h4-5,7H,6H2,1-3H3,(H2,15,16). The number of halogens is 2. The zero-order valence-corrected chi connectivity index (χ0v) is 12.8. The number of nitrogens with two attached hydrogens (primary N) is 1. The lowest BCUT2D eigenvalue weighted by Crippen LogP contribution is -2.23. The number of nitrogen functional groups attached to an aromatic ring is 1. The van der Waals surface area contributed by atoms with Crippen molar-refractivity contribution in [2.24, 2.45) is 0 Å². The molecule has 0 radical (unpaired) electrons. The van der Waals surface area contributed by atoms with Crippen LogP contribution in [0.3, 0.4) is 0 Å². The molecule has 98 valence electrons. The Morgan fingerprint density at radius 2 is 2.17 bits per heavy atom. The summed E-state index contributed by atoms with van der Waals surface area (Å²) in [7, 11) is 3.99. The number of hydrogen-bond donors (Lipinski definition) is 1. The Hall–Kier alpha value is -0.890. The van der Waals surface area contributed by atoms with Crippen molar-refractivity contribution in [3.63, 3.8) is 0 Å². The normalized spacial score (nSPS) is 13.4. The molecule has 0 saturated carbocycles. The van der Waals surface area contributed by atoms with Crippen LogP contribution in [-0.4, -0.2) is 35.1 Å². The van der Waals surface area contributed by atoms with Crippen molar-refractivity contribution in [2.45, 2.75) is 13.0 Å². The molecule has 2 N–H and O–H groups in total. The van der Waals surface area contributed by atoms with Crippen molar-refractivity contribution >= 4 is 39.6 Å². The third-order valence-corrected chi connectivity index (χ3v) is 3.66. The summed E-state index contributed by atoms with van der Waals surface area (Å²) in [6, 6.07) is 3.37. The summed E-state index contributed by atoms with van der Waals surface area (Å²) in [6.45, 7) is 2.87. The second-order valence-corrected chi connectivity index (χ2v) is 5.87. The number of imidazole rings is 1. The van der Waals surface area contributed by atoms with E-state index in [-0.39, 0.29) is 11.9 Å². The molecule has 4 nitrogen and oxygen atoms in total. The van der Waals surface area contributed by atoms with Crippen LogP contribution in [0, 0.1) is 9.39 Å². The van der Waals surface area contributed by atoms with E-state index in [4.69, 9.17) is 5.73 Å². The first-order chi connectivity index (χ1) is 8.40. The SMILES string of the molecule is CC(CN(C)C)n1c(N)nc2cc(I)c(F)cc21. The van der Waals surface area contributed by atoms with Gasteiger partial charge in [0.05, 0.1) is 14.6 Å². The quantitative estimate of drug-likeness (QED) is 0.854. The molecule has 0 aliphatic heterocycles. The zero-order valence-electron chi connectivity index (χ0n) is 10.6. The van der Waals surface area contributed by atoms with Gasteiger partial charge in [0.15, 0.2) is 0 Å². The van der Waals surface area contributed by atoms with Crippen molar-refractivity contribution < 1.29 is 4.39 Å². The van der Waals surface area contributed by atoms with Crippen LogP contribution in [0.2, 0.25) is 0 Å². The third-order valence-electron chi connectivity index (χ3n) is 2.83. The summed E-state index contributed by atoms with van der Waals surface area (Å²) >= 11 is 1.96. The van der Waals surface area contributed by atoms with Gasteiger partial charge in [0, 0.05) is 18.7 Å². The monoisotopic (exact) mass is 362 g/mol. The molecule has 1 unspecified atom stereocenters. The van der Waals surface area contributed by atoms with E-state index in [1.807, 2.05) is 48.2 Å². The van der Waals surface area contributed by atoms with Crippen molar-refractivity contribution in [3.05, 3.63) is 21.5 Å². The highest BCUT2D eigenvalue weighted by Gasteiger charge is 2.16. The van der Waals surface area contributed by atoms with Crippen LogP contribution in [0.4, 0.5) is 10.3 Å². The summed E-state index contributed by atoms with van der Waals surface area (Å²) in [5.74, 6) is 0.196. The molecule has 18 heavy (non-hydrogen) atoms. The summed E-state index contributed by atoms with van der Waals surface area (Å²) in [6.07, 6.45) is 0. The maximum absolute atomic E-state index is 13.7. The van der Waals surface area contributed by atoms with Crippen molar-refractivity contribution in [1.29, 1.82) is 0 Å². The zero-order chi connectivity index (χ0) is 13.4. The maximum Gasteiger partial charge on any atom is 0.201 e. The summed E-state index contributed by atoms with van der Waals surface area (Å²) in [4.78, 5) is 6.36. The van der Waals surface area contributed by atoms with Gasteiger partial charge in [-0.15, -0.1) is 0 Å². The molecule has 0 aliphatic rings. The highest BCUT2D eigenvalue weighted by molar-refractivity contribution is 14.1. The van der Waals surface area contributed by atoms with Crippen LogP contribution in [0.15, 0.2) is 12.1 Å². The molecule has 0 fully saturated rings. The molecule has 6 heteroatoms. The van der Waals surface area contributed by atoms with Crippen molar-refractivity contribution in [3.8, 4) is 0 Å². The van der Waals surface area contributed by atoms with Gasteiger partial charge in [-0.05, 0) is 49.7 Å². The van der Waals surface area contributed by atoms with Gasteiger partial charge in [-0.3, -0.25) is 0 Å². The fourth-order valence-electron chi connectivity index (χ4n) is 2.18. The highest BCUT2D eigenvalue weighted by atomic mass is 127. The Bertz CT molecular complexity index is 579. The van der Waals surface area contributed by atoms with Crippen LogP contribution in [0.1, 0.15) is 13.0 Å². The predicted molar refractivity (Wildman–Crippen MR) is 80.1 cm³/mol. The number of likely N-dealkylation sites (N-methyl/N-ethyl adjacent to an activating group) is 1. The highest BCUT2D eigenvalue weighted by Crippen LogP contribution is 2.26. The topological polar surface area (TPSA) is 47.1 Å². The lowest BCUT2D eigenvalue weighted by atomic mass is 10.2. The molecular weight excluding hydrogens is 346 g/mol. The Morgan fingerprint density at radius 3 is 2.78 bits per heavy atom. The van der Waals surface area contributed by atoms with Crippen LogP contribution >= 0.6 is 22.6 Å². The Morgan fingerprint density at radius 1 is 1.50 bits per heavy atom. The molecule has 0 bridgehead atoms. The molecule has 1 heterocycles. The van der Waals surface area contributed by atoms with Gasteiger partial charge in [-0.25, -0.2) is 9.37 Å². The molecule has 0 aliphatic carbocycles. The van der Waals surface area contributed by atoms with Gasteiger partial charge in [-0.1, -0.05) is 0 Å². The van der Waals surface area contributed by atoms with Crippen molar-refractivity contribution in [1.82, 2.24) is 14.5 Å². The van der Waals surface area contributed by atoms with E-state index >= 15 is 0 Å². The minimum atomic E-state index is -0.235. The van der Waals surface area contributed by atoms with E-state index in [0.717, 1.165) is 17.6 Å². The first kappa shape index (κ1) is 13.5. The molecule has 2 aromatic rings. The number of rotatable bonds is 3. The lowest BCUT2D eigenvalue weighted by molar-refractivity contribution is 0.342. The molecule has 0 spiro atoms. The van der Waals surface area contributed by atoms with Gasteiger partial charge in [-0.2, -0.15) is 0 Å². The minimum Gasteiger partial charge on any atom is -0.369 e.